The first kappa shape index (κ1) is 14.5. The predicted molar refractivity (Wildman–Crippen MR) is 78.0 cm³/mol. The molecule has 0 radical (unpaired) electrons. The fraction of sp³-hybridized carbons (Fsp3) is 0.308. The van der Waals surface area contributed by atoms with Crippen molar-refractivity contribution in [3.05, 3.63) is 42.1 Å². The van der Waals surface area contributed by atoms with Gasteiger partial charge in [-0.2, -0.15) is 13.5 Å². The Morgan fingerprint density at radius 2 is 2.00 bits per heavy atom. The SMILES string of the molecule is CCN(c1ccccc1)S(=O)(=O)c1[nH]ncc1CNC. The van der Waals surface area contributed by atoms with Crippen LogP contribution in [0.5, 0.6) is 0 Å². The number of sulfonamides is 1. The second-order valence-corrected chi connectivity index (χ2v) is 6.06. The van der Waals surface area contributed by atoms with Crippen LogP contribution in [0.2, 0.25) is 0 Å². The van der Waals surface area contributed by atoms with Gasteiger partial charge in [0.15, 0.2) is 5.03 Å². The first-order valence-electron chi connectivity index (χ1n) is 6.36. The van der Waals surface area contributed by atoms with Crippen LogP contribution in [0.3, 0.4) is 0 Å². The largest absolute Gasteiger partial charge is 0.316 e. The fourth-order valence-electron chi connectivity index (χ4n) is 2.03. The number of aromatic nitrogens is 2. The molecule has 0 aliphatic rings. The van der Waals surface area contributed by atoms with Crippen LogP contribution in [-0.2, 0) is 16.6 Å². The molecule has 7 heteroatoms. The number of para-hydroxylation sites is 1. The van der Waals surface area contributed by atoms with Crippen molar-refractivity contribution in [3.8, 4) is 0 Å². The Hall–Kier alpha value is -1.86. The van der Waals surface area contributed by atoms with E-state index in [4.69, 9.17) is 0 Å². The summed E-state index contributed by atoms with van der Waals surface area (Å²) in [6.45, 7) is 2.60. The summed E-state index contributed by atoms with van der Waals surface area (Å²) in [4.78, 5) is 0. The molecule has 0 aliphatic carbocycles. The summed E-state index contributed by atoms with van der Waals surface area (Å²) in [6.07, 6.45) is 1.53. The summed E-state index contributed by atoms with van der Waals surface area (Å²) < 4.78 is 26.9. The molecule has 1 aromatic carbocycles. The van der Waals surface area contributed by atoms with Gasteiger partial charge in [0.1, 0.15) is 0 Å². The van der Waals surface area contributed by atoms with E-state index < -0.39 is 10.0 Å². The van der Waals surface area contributed by atoms with E-state index in [-0.39, 0.29) is 5.03 Å². The third-order valence-electron chi connectivity index (χ3n) is 2.92. The van der Waals surface area contributed by atoms with Crippen molar-refractivity contribution >= 4 is 15.7 Å². The van der Waals surface area contributed by atoms with Crippen molar-refractivity contribution in [1.29, 1.82) is 0 Å². The average molecular weight is 294 g/mol. The predicted octanol–water partition coefficient (Wildman–Crippen LogP) is 1.34. The highest BCUT2D eigenvalue weighted by Crippen LogP contribution is 2.23. The molecule has 2 rings (SSSR count). The number of rotatable bonds is 6. The van der Waals surface area contributed by atoms with Crippen molar-refractivity contribution in [2.75, 3.05) is 17.9 Å². The van der Waals surface area contributed by atoms with E-state index in [1.54, 1.807) is 26.1 Å². The molecule has 2 N–H and O–H groups in total. The fourth-order valence-corrected chi connectivity index (χ4v) is 3.62. The molecule has 1 heterocycles. The van der Waals surface area contributed by atoms with Gasteiger partial charge in [0.25, 0.3) is 10.0 Å². The summed E-state index contributed by atoms with van der Waals surface area (Å²) >= 11 is 0. The molecular weight excluding hydrogens is 276 g/mol. The second kappa shape index (κ2) is 6.06. The van der Waals surface area contributed by atoms with E-state index >= 15 is 0 Å². The zero-order valence-corrected chi connectivity index (χ0v) is 12.3. The standard InChI is InChI=1S/C13H18N4O2S/c1-3-17(12-7-5-4-6-8-12)20(18,19)13-11(9-14-2)10-15-16-13/h4-8,10,14H,3,9H2,1-2H3,(H,15,16). The minimum atomic E-state index is -3.64. The number of nitrogens with zero attached hydrogens (tertiary/aromatic N) is 2. The molecule has 0 aliphatic heterocycles. The minimum absolute atomic E-state index is 0.137. The lowest BCUT2D eigenvalue weighted by atomic mass is 10.3. The van der Waals surface area contributed by atoms with Crippen LogP contribution in [0.25, 0.3) is 0 Å². The van der Waals surface area contributed by atoms with Crippen LogP contribution in [-0.4, -0.2) is 32.2 Å². The van der Waals surface area contributed by atoms with E-state index in [9.17, 15) is 8.42 Å². The van der Waals surface area contributed by atoms with Gasteiger partial charge in [0.2, 0.25) is 0 Å². The zero-order valence-electron chi connectivity index (χ0n) is 11.5. The third-order valence-corrected chi connectivity index (χ3v) is 4.84. The van der Waals surface area contributed by atoms with Gasteiger partial charge < -0.3 is 5.32 Å². The van der Waals surface area contributed by atoms with E-state index in [2.05, 4.69) is 15.5 Å². The first-order chi connectivity index (χ1) is 9.61. The third kappa shape index (κ3) is 2.68. The van der Waals surface area contributed by atoms with Gasteiger partial charge in [-0.05, 0) is 26.1 Å². The molecule has 20 heavy (non-hydrogen) atoms. The Kier molecular flexibility index (Phi) is 4.41. The molecule has 0 fully saturated rings. The highest BCUT2D eigenvalue weighted by atomic mass is 32.2. The summed E-state index contributed by atoms with van der Waals surface area (Å²) in [5, 5.41) is 9.52. The summed E-state index contributed by atoms with van der Waals surface area (Å²) in [6, 6.07) is 9.03. The molecule has 1 aromatic heterocycles. The van der Waals surface area contributed by atoms with Crippen molar-refractivity contribution in [2.45, 2.75) is 18.5 Å². The van der Waals surface area contributed by atoms with Gasteiger partial charge in [0.05, 0.1) is 11.9 Å². The van der Waals surface area contributed by atoms with Gasteiger partial charge >= 0.3 is 0 Å². The second-order valence-electron chi connectivity index (χ2n) is 4.26. The topological polar surface area (TPSA) is 78.1 Å². The van der Waals surface area contributed by atoms with E-state index in [0.717, 1.165) is 0 Å². The maximum absolute atomic E-state index is 12.7. The number of aromatic amines is 1. The molecule has 0 amide bonds. The Morgan fingerprint density at radius 3 is 2.60 bits per heavy atom. The van der Waals surface area contributed by atoms with Crippen LogP contribution < -0.4 is 9.62 Å². The Bertz CT molecular complexity index is 652. The quantitative estimate of drug-likeness (QED) is 0.843. The van der Waals surface area contributed by atoms with E-state index in [0.29, 0.717) is 24.3 Å². The average Bonchev–Trinajstić information content (AvgIpc) is 2.90. The molecule has 0 saturated carbocycles. The van der Waals surface area contributed by atoms with Crippen LogP contribution in [0.1, 0.15) is 12.5 Å². The molecule has 6 nitrogen and oxygen atoms in total. The smallest absolute Gasteiger partial charge is 0.281 e. The number of hydrogen-bond donors (Lipinski definition) is 2. The maximum atomic E-state index is 12.7. The van der Waals surface area contributed by atoms with Crippen molar-refractivity contribution in [2.24, 2.45) is 0 Å². The highest BCUT2D eigenvalue weighted by Gasteiger charge is 2.27. The Labute approximate surface area is 118 Å². The van der Waals surface area contributed by atoms with Crippen molar-refractivity contribution < 1.29 is 8.42 Å². The van der Waals surface area contributed by atoms with Crippen LogP contribution >= 0.6 is 0 Å². The molecule has 0 atom stereocenters. The number of nitrogens with one attached hydrogen (secondary N) is 2. The zero-order chi connectivity index (χ0) is 14.6. The summed E-state index contributed by atoms with van der Waals surface area (Å²) in [5.74, 6) is 0. The lowest BCUT2D eigenvalue weighted by Crippen LogP contribution is -2.32. The number of H-pyrrole nitrogens is 1. The maximum Gasteiger partial charge on any atom is 0.281 e. The number of hydrogen-bond acceptors (Lipinski definition) is 4. The monoisotopic (exact) mass is 294 g/mol. The molecule has 0 saturated heterocycles. The van der Waals surface area contributed by atoms with E-state index in [1.807, 2.05) is 18.2 Å². The Morgan fingerprint density at radius 1 is 1.30 bits per heavy atom. The molecular formula is C13H18N4O2S. The number of benzene rings is 1. The van der Waals surface area contributed by atoms with Crippen molar-refractivity contribution in [1.82, 2.24) is 15.5 Å². The molecule has 108 valence electrons. The van der Waals surface area contributed by atoms with Gasteiger partial charge in [-0.3, -0.25) is 9.40 Å². The normalized spacial score (nSPS) is 11.5. The summed E-state index contributed by atoms with van der Waals surface area (Å²) in [5.41, 5.74) is 1.27. The lowest BCUT2D eigenvalue weighted by molar-refractivity contribution is 0.585. The Balaban J connectivity index is 2.45. The van der Waals surface area contributed by atoms with Crippen LogP contribution in [0.4, 0.5) is 5.69 Å². The summed E-state index contributed by atoms with van der Waals surface area (Å²) in [7, 11) is -1.88. The minimum Gasteiger partial charge on any atom is -0.316 e. The number of anilines is 1. The lowest BCUT2D eigenvalue weighted by Gasteiger charge is -2.22. The molecule has 0 unspecified atom stereocenters. The van der Waals surface area contributed by atoms with E-state index in [1.165, 1.54) is 10.5 Å². The van der Waals surface area contributed by atoms with Gasteiger partial charge in [0, 0.05) is 18.7 Å². The van der Waals surface area contributed by atoms with Crippen LogP contribution in [0, 0.1) is 0 Å². The molecule has 0 bridgehead atoms. The molecule has 2 aromatic rings. The van der Waals surface area contributed by atoms with Gasteiger partial charge in [-0.1, -0.05) is 18.2 Å². The van der Waals surface area contributed by atoms with Gasteiger partial charge in [-0.25, -0.2) is 0 Å². The van der Waals surface area contributed by atoms with Gasteiger partial charge in [-0.15, -0.1) is 0 Å². The molecule has 0 spiro atoms. The van der Waals surface area contributed by atoms with Crippen LogP contribution in [0.15, 0.2) is 41.6 Å². The highest BCUT2D eigenvalue weighted by molar-refractivity contribution is 7.92. The first-order valence-corrected chi connectivity index (χ1v) is 7.80. The van der Waals surface area contributed by atoms with Crippen molar-refractivity contribution in [3.63, 3.8) is 0 Å².